The van der Waals surface area contributed by atoms with E-state index in [4.69, 9.17) is 0 Å². The van der Waals surface area contributed by atoms with Gasteiger partial charge in [-0.05, 0) is 31.0 Å². The Balaban J connectivity index is 1.79. The highest BCUT2D eigenvalue weighted by molar-refractivity contribution is 6.01. The van der Waals surface area contributed by atoms with E-state index in [9.17, 15) is 14.7 Å². The first-order chi connectivity index (χ1) is 12.5. The number of aromatic nitrogens is 3. The molecule has 132 valence electrons. The number of hydrogen-bond donors (Lipinski definition) is 1. The van der Waals surface area contributed by atoms with E-state index >= 15 is 0 Å². The molecule has 1 amide bonds. The van der Waals surface area contributed by atoms with Gasteiger partial charge in [-0.2, -0.15) is 5.10 Å². The molecule has 4 rings (SSSR count). The summed E-state index contributed by atoms with van der Waals surface area (Å²) in [6, 6.07) is 8.60. The third-order valence-corrected chi connectivity index (χ3v) is 4.80. The summed E-state index contributed by atoms with van der Waals surface area (Å²) in [6.07, 6.45) is 1.76. The van der Waals surface area contributed by atoms with E-state index in [-0.39, 0.29) is 12.5 Å². The maximum Gasteiger partial charge on any atom is 0.326 e. The molecule has 1 N–H and O–H groups in total. The van der Waals surface area contributed by atoms with Gasteiger partial charge in [-0.25, -0.2) is 14.3 Å². The zero-order valence-corrected chi connectivity index (χ0v) is 14.5. The molecule has 1 aliphatic heterocycles. The van der Waals surface area contributed by atoms with Crippen LogP contribution in [0.3, 0.4) is 0 Å². The standard InChI is InChI=1S/C19H18N4O3/c1-11-7-12(2)23-17(21-11)15(9-20-23)18(24)22-10-14-6-4-3-5-13(14)8-16(22)19(25)26/h3-7,9,16H,8,10H2,1-2H3,(H,25,26). The molecule has 0 fully saturated rings. The monoisotopic (exact) mass is 350 g/mol. The quantitative estimate of drug-likeness (QED) is 0.764. The number of benzene rings is 1. The highest BCUT2D eigenvalue weighted by Crippen LogP contribution is 2.26. The van der Waals surface area contributed by atoms with E-state index in [2.05, 4.69) is 10.1 Å². The second-order valence-electron chi connectivity index (χ2n) is 6.59. The molecule has 2 aromatic heterocycles. The lowest BCUT2D eigenvalue weighted by molar-refractivity contribution is -0.142. The summed E-state index contributed by atoms with van der Waals surface area (Å²) < 4.78 is 1.61. The number of amides is 1. The second-order valence-corrected chi connectivity index (χ2v) is 6.59. The Kier molecular flexibility index (Phi) is 3.72. The Labute approximate surface area is 149 Å². The van der Waals surface area contributed by atoms with Crippen molar-refractivity contribution < 1.29 is 14.7 Å². The molecule has 0 saturated carbocycles. The Bertz CT molecular complexity index is 1040. The minimum absolute atomic E-state index is 0.258. The van der Waals surface area contributed by atoms with Crippen molar-refractivity contribution in [3.8, 4) is 0 Å². The molecule has 1 atom stereocenters. The number of carbonyl (C=O) groups is 2. The molecule has 0 spiro atoms. The minimum atomic E-state index is -1.01. The molecule has 0 radical (unpaired) electrons. The number of carbonyl (C=O) groups excluding carboxylic acids is 1. The van der Waals surface area contributed by atoms with Gasteiger partial charge in [0.1, 0.15) is 11.6 Å². The van der Waals surface area contributed by atoms with Crippen LogP contribution in [0.1, 0.15) is 32.9 Å². The molecule has 1 aromatic carbocycles. The van der Waals surface area contributed by atoms with Crippen molar-refractivity contribution in [1.29, 1.82) is 0 Å². The Morgan fingerprint density at radius 2 is 1.92 bits per heavy atom. The number of nitrogens with zero attached hydrogens (tertiary/aromatic N) is 4. The second kappa shape index (κ2) is 5.94. The van der Waals surface area contributed by atoms with E-state index in [0.29, 0.717) is 17.6 Å². The van der Waals surface area contributed by atoms with E-state index in [0.717, 1.165) is 22.5 Å². The molecule has 3 heterocycles. The Hall–Kier alpha value is -3.22. The van der Waals surface area contributed by atoms with E-state index in [1.165, 1.54) is 11.1 Å². The molecule has 0 bridgehead atoms. The molecular formula is C19H18N4O3. The summed E-state index contributed by atoms with van der Waals surface area (Å²) >= 11 is 0. The van der Waals surface area contributed by atoms with E-state index in [1.807, 2.05) is 44.2 Å². The molecule has 7 heteroatoms. The lowest BCUT2D eigenvalue weighted by Crippen LogP contribution is -2.48. The fourth-order valence-electron chi connectivity index (χ4n) is 3.53. The van der Waals surface area contributed by atoms with Crippen LogP contribution in [0.2, 0.25) is 0 Å². The van der Waals surface area contributed by atoms with Crippen molar-refractivity contribution >= 4 is 17.5 Å². The van der Waals surface area contributed by atoms with Crippen LogP contribution in [0.4, 0.5) is 0 Å². The zero-order valence-electron chi connectivity index (χ0n) is 14.5. The van der Waals surface area contributed by atoms with Gasteiger partial charge < -0.3 is 10.0 Å². The van der Waals surface area contributed by atoms with Gasteiger partial charge in [0, 0.05) is 24.4 Å². The number of carboxylic acid groups (broad SMARTS) is 1. The van der Waals surface area contributed by atoms with Gasteiger partial charge in [0.25, 0.3) is 5.91 Å². The van der Waals surface area contributed by atoms with Gasteiger partial charge in [0.2, 0.25) is 0 Å². The molecule has 7 nitrogen and oxygen atoms in total. The first-order valence-corrected chi connectivity index (χ1v) is 8.38. The molecule has 26 heavy (non-hydrogen) atoms. The number of aryl methyl sites for hydroxylation is 2. The lowest BCUT2D eigenvalue weighted by atomic mass is 9.93. The fourth-order valence-corrected chi connectivity index (χ4v) is 3.53. The SMILES string of the molecule is Cc1cc(C)n2ncc(C(=O)N3Cc4ccccc4CC3C(=O)O)c2n1. The maximum atomic E-state index is 13.2. The molecule has 1 unspecified atom stereocenters. The van der Waals surface area contributed by atoms with Gasteiger partial charge in [0.05, 0.1) is 6.20 Å². The van der Waals surface area contributed by atoms with Crippen LogP contribution in [0.15, 0.2) is 36.5 Å². The molecule has 0 aliphatic carbocycles. The normalized spacial score (nSPS) is 16.5. The average molecular weight is 350 g/mol. The molecule has 0 saturated heterocycles. The largest absolute Gasteiger partial charge is 0.480 e. The van der Waals surface area contributed by atoms with E-state index < -0.39 is 12.0 Å². The van der Waals surface area contributed by atoms with Crippen LogP contribution in [0.25, 0.3) is 5.65 Å². The topological polar surface area (TPSA) is 87.8 Å². The van der Waals surface area contributed by atoms with Crippen molar-refractivity contribution in [2.45, 2.75) is 32.9 Å². The summed E-state index contributed by atoms with van der Waals surface area (Å²) in [6.45, 7) is 4.00. The van der Waals surface area contributed by atoms with Gasteiger partial charge in [-0.3, -0.25) is 4.79 Å². The highest BCUT2D eigenvalue weighted by Gasteiger charge is 2.36. The average Bonchev–Trinajstić information content (AvgIpc) is 3.04. The first kappa shape index (κ1) is 16.3. The van der Waals surface area contributed by atoms with Crippen LogP contribution in [0, 0.1) is 13.8 Å². The van der Waals surface area contributed by atoms with Crippen molar-refractivity contribution in [2.24, 2.45) is 0 Å². The summed E-state index contributed by atoms with van der Waals surface area (Å²) in [5.41, 5.74) is 4.36. The number of aliphatic carboxylic acids is 1. The van der Waals surface area contributed by atoms with Crippen LogP contribution in [-0.4, -0.2) is 42.5 Å². The van der Waals surface area contributed by atoms with Gasteiger partial charge in [-0.15, -0.1) is 0 Å². The summed E-state index contributed by atoms with van der Waals surface area (Å²) in [5, 5.41) is 13.9. The predicted molar refractivity (Wildman–Crippen MR) is 93.9 cm³/mol. The maximum absolute atomic E-state index is 13.2. The Morgan fingerprint density at radius 3 is 2.65 bits per heavy atom. The third-order valence-electron chi connectivity index (χ3n) is 4.80. The zero-order chi connectivity index (χ0) is 18.4. The summed E-state index contributed by atoms with van der Waals surface area (Å²) in [7, 11) is 0. The smallest absolute Gasteiger partial charge is 0.326 e. The summed E-state index contributed by atoms with van der Waals surface area (Å²) in [5.74, 6) is -1.37. The third kappa shape index (κ3) is 2.52. The predicted octanol–water partition coefficient (Wildman–Crippen LogP) is 2.00. The molecular weight excluding hydrogens is 332 g/mol. The van der Waals surface area contributed by atoms with E-state index in [1.54, 1.807) is 4.52 Å². The first-order valence-electron chi connectivity index (χ1n) is 8.38. The summed E-state index contributed by atoms with van der Waals surface area (Å²) in [4.78, 5) is 30.8. The number of carboxylic acids is 1. The van der Waals surface area contributed by atoms with Crippen LogP contribution >= 0.6 is 0 Å². The number of rotatable bonds is 2. The number of hydrogen-bond acceptors (Lipinski definition) is 4. The molecule has 3 aromatic rings. The van der Waals surface area contributed by atoms with Crippen LogP contribution in [0.5, 0.6) is 0 Å². The van der Waals surface area contributed by atoms with Gasteiger partial charge in [-0.1, -0.05) is 24.3 Å². The number of fused-ring (bicyclic) bond motifs is 2. The van der Waals surface area contributed by atoms with Crippen molar-refractivity contribution in [3.05, 3.63) is 64.6 Å². The van der Waals surface area contributed by atoms with Crippen LogP contribution in [-0.2, 0) is 17.8 Å². The van der Waals surface area contributed by atoms with Gasteiger partial charge in [0.15, 0.2) is 5.65 Å². The molecule has 1 aliphatic rings. The van der Waals surface area contributed by atoms with Crippen molar-refractivity contribution in [1.82, 2.24) is 19.5 Å². The van der Waals surface area contributed by atoms with Crippen LogP contribution < -0.4 is 0 Å². The minimum Gasteiger partial charge on any atom is -0.480 e. The lowest BCUT2D eigenvalue weighted by Gasteiger charge is -2.34. The van der Waals surface area contributed by atoms with Crippen molar-refractivity contribution in [3.63, 3.8) is 0 Å². The highest BCUT2D eigenvalue weighted by atomic mass is 16.4. The fraction of sp³-hybridized carbons (Fsp3) is 0.263. The Morgan fingerprint density at radius 1 is 1.19 bits per heavy atom. The van der Waals surface area contributed by atoms with Gasteiger partial charge >= 0.3 is 5.97 Å². The van der Waals surface area contributed by atoms with Crippen molar-refractivity contribution in [2.75, 3.05) is 0 Å².